The van der Waals surface area contributed by atoms with Crippen molar-refractivity contribution in [2.24, 2.45) is 0 Å². The molecule has 0 bridgehead atoms. The maximum Gasteiger partial charge on any atom is 0.258 e. The van der Waals surface area contributed by atoms with Crippen molar-refractivity contribution in [1.29, 1.82) is 0 Å². The molecule has 5 rings (SSSR count). The Bertz CT molecular complexity index is 1030. The Morgan fingerprint density at radius 2 is 1.44 bits per heavy atom. The molecule has 34 heavy (non-hydrogen) atoms. The highest BCUT2D eigenvalue weighted by molar-refractivity contribution is 7.99. The van der Waals surface area contributed by atoms with Gasteiger partial charge in [-0.15, -0.1) is 5.10 Å². The fraction of sp³-hybridized carbons (Fsp3) is 0.500. The van der Waals surface area contributed by atoms with Gasteiger partial charge in [0.15, 0.2) is 0 Å². The average molecular weight is 485 g/mol. The maximum atomic E-state index is 5.79. The highest BCUT2D eigenvalue weighted by Gasteiger charge is 2.21. The Labute approximate surface area is 202 Å². The molecule has 0 N–H and O–H groups in total. The lowest BCUT2D eigenvalue weighted by Gasteiger charge is -2.30. The van der Waals surface area contributed by atoms with Crippen molar-refractivity contribution >= 4 is 23.7 Å². The normalized spacial score (nSPS) is 16.6. The molecule has 0 spiro atoms. The summed E-state index contributed by atoms with van der Waals surface area (Å²) in [7, 11) is 0. The molecule has 2 aromatic heterocycles. The fourth-order valence-electron chi connectivity index (χ4n) is 3.59. The number of aryl methyl sites for hydroxylation is 1. The number of hydrogen-bond donors (Lipinski definition) is 0. The summed E-state index contributed by atoms with van der Waals surface area (Å²) in [6.07, 6.45) is 1.64. The molecule has 2 aliphatic heterocycles. The molecular weight excluding hydrogens is 456 g/mol. The largest absolute Gasteiger partial charge is 0.493 e. The minimum absolute atomic E-state index is 0.452. The van der Waals surface area contributed by atoms with Gasteiger partial charge in [0.05, 0.1) is 33.0 Å². The van der Waals surface area contributed by atoms with Gasteiger partial charge in [0, 0.05) is 31.9 Å². The van der Waals surface area contributed by atoms with E-state index < -0.39 is 0 Å². The summed E-state index contributed by atoms with van der Waals surface area (Å²) in [6.45, 7) is 8.21. The van der Waals surface area contributed by atoms with Crippen LogP contribution < -0.4 is 14.5 Å². The monoisotopic (exact) mass is 484 g/mol. The number of nitrogens with zero attached hydrogens (tertiary/aromatic N) is 8. The molecule has 2 fully saturated rings. The van der Waals surface area contributed by atoms with Crippen molar-refractivity contribution in [1.82, 2.24) is 29.7 Å². The van der Waals surface area contributed by atoms with E-state index in [-0.39, 0.29) is 0 Å². The first-order valence-electron chi connectivity index (χ1n) is 11.4. The second kappa shape index (κ2) is 11.0. The van der Waals surface area contributed by atoms with Gasteiger partial charge in [-0.2, -0.15) is 19.6 Å². The van der Waals surface area contributed by atoms with Gasteiger partial charge in [-0.25, -0.2) is 4.98 Å². The fourth-order valence-corrected chi connectivity index (χ4v) is 4.21. The van der Waals surface area contributed by atoms with Crippen LogP contribution in [0.1, 0.15) is 5.56 Å². The Kier molecular flexibility index (Phi) is 7.37. The standard InChI is InChI=1S/C22H28N8O3S/c1-17-2-4-18(5-3-17)33-14-15-34-22-23-16-30(27-22)21-25-19(28-6-10-31-11-7-28)24-20(26-21)29-8-12-32-13-9-29/h2-5,16H,6-15H2,1H3. The van der Waals surface area contributed by atoms with Crippen LogP contribution in [0.5, 0.6) is 5.75 Å². The number of aromatic nitrogens is 6. The van der Waals surface area contributed by atoms with E-state index in [0.29, 0.717) is 56.0 Å². The number of ether oxygens (including phenoxy) is 3. The molecule has 3 aromatic rings. The molecule has 0 saturated carbocycles. The van der Waals surface area contributed by atoms with Crippen LogP contribution in [-0.2, 0) is 9.47 Å². The lowest BCUT2D eigenvalue weighted by molar-refractivity contribution is 0.121. The van der Waals surface area contributed by atoms with Crippen LogP contribution in [-0.4, -0.2) is 94.7 Å². The van der Waals surface area contributed by atoms with Gasteiger partial charge in [-0.05, 0) is 19.1 Å². The number of rotatable bonds is 8. The molecule has 2 saturated heterocycles. The topological polar surface area (TPSA) is 104 Å². The van der Waals surface area contributed by atoms with Gasteiger partial charge in [0.25, 0.3) is 5.95 Å². The van der Waals surface area contributed by atoms with Crippen molar-refractivity contribution in [3.63, 3.8) is 0 Å². The van der Waals surface area contributed by atoms with E-state index in [1.165, 1.54) is 17.3 Å². The van der Waals surface area contributed by atoms with Crippen LogP contribution in [0.2, 0.25) is 0 Å². The van der Waals surface area contributed by atoms with Crippen LogP contribution in [0, 0.1) is 6.92 Å². The van der Waals surface area contributed by atoms with Gasteiger partial charge in [-0.3, -0.25) is 0 Å². The zero-order chi connectivity index (χ0) is 23.2. The summed E-state index contributed by atoms with van der Waals surface area (Å²) in [5.41, 5.74) is 1.21. The van der Waals surface area contributed by atoms with Gasteiger partial charge < -0.3 is 24.0 Å². The lowest BCUT2D eigenvalue weighted by Crippen LogP contribution is -2.40. The van der Waals surface area contributed by atoms with E-state index in [9.17, 15) is 0 Å². The summed E-state index contributed by atoms with van der Waals surface area (Å²) in [4.78, 5) is 22.8. The number of morpholine rings is 2. The van der Waals surface area contributed by atoms with Crippen molar-refractivity contribution < 1.29 is 14.2 Å². The minimum atomic E-state index is 0.452. The highest BCUT2D eigenvalue weighted by Crippen LogP contribution is 2.20. The van der Waals surface area contributed by atoms with Gasteiger partial charge >= 0.3 is 0 Å². The zero-order valence-electron chi connectivity index (χ0n) is 19.2. The number of thioether (sulfide) groups is 1. The van der Waals surface area contributed by atoms with Crippen LogP contribution in [0.15, 0.2) is 35.7 Å². The molecule has 0 unspecified atom stereocenters. The summed E-state index contributed by atoms with van der Waals surface area (Å²) in [6, 6.07) is 8.03. The molecule has 4 heterocycles. The smallest absolute Gasteiger partial charge is 0.258 e. The summed E-state index contributed by atoms with van der Waals surface area (Å²) in [5.74, 6) is 3.30. The van der Waals surface area contributed by atoms with Gasteiger partial charge in [0.1, 0.15) is 12.1 Å². The third-order valence-electron chi connectivity index (χ3n) is 5.47. The first kappa shape index (κ1) is 22.8. The zero-order valence-corrected chi connectivity index (χ0v) is 20.0. The first-order chi connectivity index (χ1) is 16.7. The first-order valence-corrected chi connectivity index (χ1v) is 12.4. The SMILES string of the molecule is Cc1ccc(OCCSc2ncn(-c3nc(N4CCOCC4)nc(N4CCOCC4)n3)n2)cc1. The van der Waals surface area contributed by atoms with Crippen molar-refractivity contribution in [3.05, 3.63) is 36.2 Å². The average Bonchev–Trinajstić information content (AvgIpc) is 3.38. The van der Waals surface area contributed by atoms with Crippen molar-refractivity contribution in [3.8, 4) is 11.7 Å². The summed E-state index contributed by atoms with van der Waals surface area (Å²) >= 11 is 1.53. The van der Waals surface area contributed by atoms with Crippen LogP contribution in [0.3, 0.4) is 0 Å². The van der Waals surface area contributed by atoms with E-state index in [0.717, 1.165) is 37.7 Å². The van der Waals surface area contributed by atoms with E-state index in [1.54, 1.807) is 11.0 Å². The molecule has 0 atom stereocenters. The van der Waals surface area contributed by atoms with Crippen LogP contribution in [0.4, 0.5) is 11.9 Å². The minimum Gasteiger partial charge on any atom is -0.493 e. The third kappa shape index (κ3) is 5.75. The number of benzene rings is 1. The Hall–Kier alpha value is -2.96. The lowest BCUT2D eigenvalue weighted by atomic mass is 10.2. The van der Waals surface area contributed by atoms with E-state index >= 15 is 0 Å². The molecule has 0 amide bonds. The van der Waals surface area contributed by atoms with Crippen LogP contribution >= 0.6 is 11.8 Å². The second-order valence-electron chi connectivity index (χ2n) is 7.92. The van der Waals surface area contributed by atoms with E-state index in [2.05, 4.69) is 26.8 Å². The predicted octanol–water partition coefficient (Wildman–Crippen LogP) is 1.61. The predicted molar refractivity (Wildman–Crippen MR) is 128 cm³/mol. The van der Waals surface area contributed by atoms with Crippen LogP contribution in [0.25, 0.3) is 5.95 Å². The van der Waals surface area contributed by atoms with E-state index in [1.807, 2.05) is 24.3 Å². The quantitative estimate of drug-likeness (QED) is 0.344. The molecule has 0 radical (unpaired) electrons. The number of anilines is 2. The van der Waals surface area contributed by atoms with Crippen molar-refractivity contribution in [2.45, 2.75) is 12.1 Å². The molecular formula is C22H28N8O3S. The Morgan fingerprint density at radius 1 is 0.853 bits per heavy atom. The molecule has 12 heteroatoms. The molecule has 180 valence electrons. The third-order valence-corrected chi connectivity index (χ3v) is 6.28. The Morgan fingerprint density at radius 3 is 2.06 bits per heavy atom. The summed E-state index contributed by atoms with van der Waals surface area (Å²) < 4.78 is 18.4. The van der Waals surface area contributed by atoms with Gasteiger partial charge in [-0.1, -0.05) is 29.5 Å². The molecule has 11 nitrogen and oxygen atoms in total. The van der Waals surface area contributed by atoms with Gasteiger partial charge in [0.2, 0.25) is 17.1 Å². The molecule has 2 aliphatic rings. The number of hydrogen-bond acceptors (Lipinski definition) is 11. The molecule has 1 aromatic carbocycles. The maximum absolute atomic E-state index is 5.79. The van der Waals surface area contributed by atoms with Crippen molar-refractivity contribution in [2.75, 3.05) is 74.8 Å². The summed E-state index contributed by atoms with van der Waals surface area (Å²) in [5, 5.41) is 5.23. The van der Waals surface area contributed by atoms with E-state index in [4.69, 9.17) is 29.2 Å². The highest BCUT2D eigenvalue weighted by atomic mass is 32.2. The Balaban J connectivity index is 1.27. The second-order valence-corrected chi connectivity index (χ2v) is 8.98. The molecule has 0 aliphatic carbocycles.